The zero-order chi connectivity index (χ0) is 26.8. The van der Waals surface area contributed by atoms with E-state index in [2.05, 4.69) is 10.2 Å². The molecule has 9 nitrogen and oxygen atoms in total. The Labute approximate surface area is 212 Å². The second-order valence-corrected chi connectivity index (χ2v) is 13.0. The van der Waals surface area contributed by atoms with Crippen LogP contribution in [0.1, 0.15) is 30.4 Å². The van der Waals surface area contributed by atoms with Gasteiger partial charge in [0.2, 0.25) is 15.9 Å². The monoisotopic (exact) mass is 558 g/mol. The van der Waals surface area contributed by atoms with E-state index in [0.717, 1.165) is 15.9 Å². The van der Waals surface area contributed by atoms with Gasteiger partial charge in [-0.3, -0.25) is 9.21 Å². The molecule has 0 saturated carbocycles. The first-order valence-electron chi connectivity index (χ1n) is 11.4. The van der Waals surface area contributed by atoms with Gasteiger partial charge < -0.3 is 4.42 Å². The van der Waals surface area contributed by atoms with Crippen molar-refractivity contribution in [1.29, 1.82) is 0 Å². The van der Waals surface area contributed by atoms with Crippen LogP contribution >= 0.6 is 0 Å². The fraction of sp³-hybridized carbons (Fsp3) is 0.391. The summed E-state index contributed by atoms with van der Waals surface area (Å²) in [6.45, 7) is 2.40. The smallest absolute Gasteiger partial charge is 0.314 e. The number of sulfonamides is 1. The summed E-state index contributed by atoms with van der Waals surface area (Å²) in [6, 6.07) is 10.6. The Kier molecular flexibility index (Phi) is 7.90. The van der Waals surface area contributed by atoms with Gasteiger partial charge in [-0.15, -0.1) is 10.2 Å². The molecule has 0 unspecified atom stereocenters. The molecule has 0 spiro atoms. The lowest BCUT2D eigenvalue weighted by Crippen LogP contribution is -2.39. The van der Waals surface area contributed by atoms with Crippen LogP contribution in [0.15, 0.2) is 46.9 Å². The molecule has 0 N–H and O–H groups in total. The van der Waals surface area contributed by atoms with Crippen molar-refractivity contribution in [3.05, 3.63) is 65.3 Å². The third kappa shape index (κ3) is 6.48. The normalized spacial score (nSPS) is 16.2. The minimum atomic E-state index is -3.81. The Morgan fingerprint density at radius 1 is 1.11 bits per heavy atom. The van der Waals surface area contributed by atoms with E-state index < -0.39 is 38.0 Å². The summed E-state index contributed by atoms with van der Waals surface area (Å²) in [5.41, 5.74) is 1.26. The average Bonchev–Trinajstić information content (AvgIpc) is 3.35. The van der Waals surface area contributed by atoms with E-state index in [1.54, 1.807) is 18.2 Å². The van der Waals surface area contributed by atoms with Crippen LogP contribution in [-0.2, 0) is 33.0 Å². The van der Waals surface area contributed by atoms with E-state index in [1.165, 1.54) is 19.1 Å². The molecule has 2 heterocycles. The molecule has 1 aromatic heterocycles. The molecule has 1 aliphatic heterocycles. The maximum absolute atomic E-state index is 15.0. The van der Waals surface area contributed by atoms with Gasteiger partial charge in [-0.25, -0.2) is 21.2 Å². The van der Waals surface area contributed by atoms with Crippen LogP contribution in [0.5, 0.6) is 0 Å². The Bertz CT molecular complexity index is 1460. The number of hydrogen-bond donors (Lipinski definition) is 0. The Balaban J connectivity index is 1.57. The third-order valence-electron chi connectivity index (χ3n) is 5.98. The lowest BCUT2D eigenvalue weighted by Gasteiger charge is -2.28. The third-order valence-corrected chi connectivity index (χ3v) is 9.33. The first kappa shape index (κ1) is 27.1. The molecule has 1 aliphatic rings. The minimum Gasteiger partial charge on any atom is -0.415 e. The molecule has 200 valence electrons. The van der Waals surface area contributed by atoms with Gasteiger partial charge in [0.1, 0.15) is 5.82 Å². The fourth-order valence-corrected chi connectivity index (χ4v) is 6.24. The van der Waals surface area contributed by atoms with Crippen molar-refractivity contribution < 1.29 is 34.4 Å². The summed E-state index contributed by atoms with van der Waals surface area (Å²) in [5, 5.41) is 6.72. The topological polar surface area (TPSA) is 114 Å². The lowest BCUT2D eigenvalue weighted by atomic mass is 10.1. The number of alkyl halides is 2. The molecule has 0 aliphatic carbocycles. The summed E-state index contributed by atoms with van der Waals surface area (Å²) < 4.78 is 95.7. The number of rotatable bonds is 9. The number of halogens is 3. The van der Waals surface area contributed by atoms with Crippen LogP contribution in [0.25, 0.3) is 11.5 Å². The van der Waals surface area contributed by atoms with Crippen molar-refractivity contribution in [3.8, 4) is 11.5 Å². The van der Waals surface area contributed by atoms with Gasteiger partial charge in [0.05, 0.1) is 29.5 Å². The van der Waals surface area contributed by atoms with E-state index in [-0.39, 0.29) is 40.8 Å². The van der Waals surface area contributed by atoms with E-state index in [9.17, 15) is 25.6 Å². The molecule has 4 rings (SSSR count). The zero-order valence-electron chi connectivity index (χ0n) is 19.8. The number of benzene rings is 2. The summed E-state index contributed by atoms with van der Waals surface area (Å²) in [6.07, 6.45) is -2.96. The summed E-state index contributed by atoms with van der Waals surface area (Å²) >= 11 is 0. The summed E-state index contributed by atoms with van der Waals surface area (Å²) in [7, 11) is -6.84. The van der Waals surface area contributed by atoms with Crippen LogP contribution in [0, 0.1) is 5.82 Å². The van der Waals surface area contributed by atoms with E-state index in [0.29, 0.717) is 25.3 Å². The number of anilines is 1. The van der Waals surface area contributed by atoms with E-state index >= 15 is 4.39 Å². The maximum atomic E-state index is 15.0. The first-order chi connectivity index (χ1) is 17.5. The lowest BCUT2D eigenvalue weighted by molar-refractivity contribution is 0.116. The predicted octanol–water partition coefficient (Wildman–Crippen LogP) is 3.40. The second-order valence-electron chi connectivity index (χ2n) is 8.56. The Morgan fingerprint density at radius 3 is 2.46 bits per heavy atom. The van der Waals surface area contributed by atoms with Crippen molar-refractivity contribution in [3.63, 3.8) is 0 Å². The molecule has 1 fully saturated rings. The molecule has 1 saturated heterocycles. The van der Waals surface area contributed by atoms with Gasteiger partial charge in [0, 0.05) is 30.8 Å². The molecular weight excluding hydrogens is 533 g/mol. The van der Waals surface area contributed by atoms with Gasteiger partial charge in [0.15, 0.2) is 9.84 Å². The van der Waals surface area contributed by atoms with Crippen LogP contribution in [0.2, 0.25) is 0 Å². The zero-order valence-corrected chi connectivity index (χ0v) is 21.5. The highest BCUT2D eigenvalue weighted by Crippen LogP contribution is 2.28. The molecule has 0 amide bonds. The van der Waals surface area contributed by atoms with Gasteiger partial charge in [-0.2, -0.15) is 8.78 Å². The van der Waals surface area contributed by atoms with Gasteiger partial charge in [0.25, 0.3) is 5.89 Å². The number of nitrogens with zero attached hydrogens (tertiary/aromatic N) is 4. The second kappa shape index (κ2) is 10.8. The molecule has 0 radical (unpaired) electrons. The SMILES string of the molecule is CCS(=O)(=O)N(Cc1ccc(-c2nnc(C(F)F)o2)cc1F)c1cccc(CN2CCS(=O)(=O)CC2)c1. The summed E-state index contributed by atoms with van der Waals surface area (Å²) in [5.74, 6) is -2.00. The van der Waals surface area contributed by atoms with Gasteiger partial charge in [-0.1, -0.05) is 18.2 Å². The largest absolute Gasteiger partial charge is 0.415 e. The molecule has 37 heavy (non-hydrogen) atoms. The number of aromatic nitrogens is 2. The highest BCUT2D eigenvalue weighted by atomic mass is 32.2. The molecular formula is C23H25F3N4O5S2. The molecule has 2 aromatic carbocycles. The van der Waals surface area contributed by atoms with E-state index in [1.807, 2.05) is 11.0 Å². The Hall–Kier alpha value is -2.97. The van der Waals surface area contributed by atoms with Gasteiger partial charge in [-0.05, 0) is 36.8 Å². The average molecular weight is 559 g/mol. The van der Waals surface area contributed by atoms with Crippen molar-refractivity contribution in [2.75, 3.05) is 34.7 Å². The standard InChI is InChI=1S/C23H25F3N4O5S2/c1-2-37(33,34)30(19-5-3-4-16(12-19)14-29-8-10-36(31,32)11-9-29)15-18-7-6-17(13-20(18)24)22-27-28-23(35-22)21(25)26/h3-7,12-13,21H,2,8-11,14-15H2,1H3. The van der Waals surface area contributed by atoms with Crippen LogP contribution in [-0.4, -0.2) is 62.3 Å². The molecule has 3 aromatic rings. The van der Waals surface area contributed by atoms with Crippen LogP contribution < -0.4 is 4.31 Å². The highest BCUT2D eigenvalue weighted by molar-refractivity contribution is 7.92. The highest BCUT2D eigenvalue weighted by Gasteiger charge is 2.25. The molecule has 0 atom stereocenters. The Morgan fingerprint density at radius 2 is 1.84 bits per heavy atom. The van der Waals surface area contributed by atoms with Crippen LogP contribution in [0.4, 0.5) is 18.9 Å². The molecule has 14 heteroatoms. The summed E-state index contributed by atoms with van der Waals surface area (Å²) in [4.78, 5) is 1.98. The maximum Gasteiger partial charge on any atom is 0.314 e. The molecule has 0 bridgehead atoms. The van der Waals surface area contributed by atoms with Crippen molar-refractivity contribution in [1.82, 2.24) is 15.1 Å². The van der Waals surface area contributed by atoms with Crippen LogP contribution in [0.3, 0.4) is 0 Å². The quantitative estimate of drug-likeness (QED) is 0.393. The number of hydrogen-bond acceptors (Lipinski definition) is 8. The van der Waals surface area contributed by atoms with E-state index in [4.69, 9.17) is 4.42 Å². The van der Waals surface area contributed by atoms with Gasteiger partial charge >= 0.3 is 6.43 Å². The number of sulfone groups is 1. The predicted molar refractivity (Wildman–Crippen MR) is 131 cm³/mol. The van der Waals surface area contributed by atoms with Crippen molar-refractivity contribution in [2.24, 2.45) is 0 Å². The minimum absolute atomic E-state index is 0.0565. The fourth-order valence-electron chi connectivity index (χ4n) is 3.89. The van der Waals surface area contributed by atoms with Crippen molar-refractivity contribution >= 4 is 25.5 Å². The van der Waals surface area contributed by atoms with Crippen molar-refractivity contribution in [2.45, 2.75) is 26.4 Å². The first-order valence-corrected chi connectivity index (χ1v) is 14.8.